The smallest absolute Gasteiger partial charge is 0.193 e. The van der Waals surface area contributed by atoms with Gasteiger partial charge < -0.3 is 20.5 Å². The molecule has 5 nitrogen and oxygen atoms in total. The number of aliphatic imine (C=N–C) groups is 1. The Hall–Kier alpha value is -1.96. The zero-order valence-electron chi connectivity index (χ0n) is 14.2. The Balaban J connectivity index is 0.00000288. The second kappa shape index (κ2) is 10.0. The minimum atomic E-state index is 0. The van der Waals surface area contributed by atoms with Crippen LogP contribution in [0.1, 0.15) is 19.4 Å². The fraction of sp³-hybridized carbons (Fsp3) is 0.278. The minimum absolute atomic E-state index is 0. The Morgan fingerprint density at radius 1 is 1.12 bits per heavy atom. The number of nitrogens with one attached hydrogen (secondary N) is 1. The van der Waals surface area contributed by atoms with Gasteiger partial charge in [-0.15, -0.1) is 24.0 Å². The first-order valence-corrected chi connectivity index (χ1v) is 7.53. The van der Waals surface area contributed by atoms with Crippen LogP contribution >= 0.6 is 24.0 Å². The first-order valence-electron chi connectivity index (χ1n) is 7.53. The van der Waals surface area contributed by atoms with E-state index in [-0.39, 0.29) is 30.1 Å². The van der Waals surface area contributed by atoms with E-state index >= 15 is 0 Å². The molecule has 3 N–H and O–H groups in total. The molecule has 0 aliphatic heterocycles. The van der Waals surface area contributed by atoms with Gasteiger partial charge in [-0.25, -0.2) is 4.99 Å². The Morgan fingerprint density at radius 2 is 1.83 bits per heavy atom. The average Bonchev–Trinajstić information content (AvgIpc) is 2.54. The SMILES string of the molecule is COc1cccc(CN=C(N)Nc2ccc(OC(C)C)cc2)c1.I. The molecule has 2 aromatic carbocycles. The van der Waals surface area contributed by atoms with Crippen molar-refractivity contribution in [3.8, 4) is 11.5 Å². The predicted molar refractivity (Wildman–Crippen MR) is 110 cm³/mol. The minimum Gasteiger partial charge on any atom is -0.497 e. The van der Waals surface area contributed by atoms with Gasteiger partial charge in [-0.3, -0.25) is 0 Å². The van der Waals surface area contributed by atoms with E-state index in [2.05, 4.69) is 10.3 Å². The summed E-state index contributed by atoms with van der Waals surface area (Å²) >= 11 is 0. The topological polar surface area (TPSA) is 68.9 Å². The zero-order valence-corrected chi connectivity index (χ0v) is 16.5. The number of hydrogen-bond donors (Lipinski definition) is 2. The number of hydrogen-bond acceptors (Lipinski definition) is 3. The molecule has 0 saturated carbocycles. The van der Waals surface area contributed by atoms with Gasteiger partial charge in [0.05, 0.1) is 19.8 Å². The highest BCUT2D eigenvalue weighted by Gasteiger charge is 2.00. The molecule has 0 atom stereocenters. The lowest BCUT2D eigenvalue weighted by molar-refractivity contribution is 0.242. The van der Waals surface area contributed by atoms with E-state index in [1.807, 2.05) is 62.4 Å². The van der Waals surface area contributed by atoms with Crippen LogP contribution in [0.2, 0.25) is 0 Å². The molecule has 24 heavy (non-hydrogen) atoms. The van der Waals surface area contributed by atoms with Crippen LogP contribution in [0.5, 0.6) is 11.5 Å². The number of halogens is 1. The maximum atomic E-state index is 5.92. The Kier molecular flexibility index (Phi) is 8.39. The summed E-state index contributed by atoms with van der Waals surface area (Å²) in [7, 11) is 1.64. The van der Waals surface area contributed by atoms with Crippen molar-refractivity contribution in [3.05, 3.63) is 54.1 Å². The molecule has 0 spiro atoms. The van der Waals surface area contributed by atoms with Gasteiger partial charge in [0.2, 0.25) is 0 Å². The van der Waals surface area contributed by atoms with Gasteiger partial charge in [0.1, 0.15) is 11.5 Å². The maximum Gasteiger partial charge on any atom is 0.193 e. The molecule has 0 aliphatic rings. The van der Waals surface area contributed by atoms with E-state index in [1.165, 1.54) is 0 Å². The highest BCUT2D eigenvalue weighted by Crippen LogP contribution is 2.17. The van der Waals surface area contributed by atoms with Crippen LogP contribution in [-0.2, 0) is 6.54 Å². The number of benzene rings is 2. The third kappa shape index (κ3) is 6.66. The Morgan fingerprint density at radius 3 is 2.46 bits per heavy atom. The van der Waals surface area contributed by atoms with Crippen molar-refractivity contribution in [2.24, 2.45) is 10.7 Å². The highest BCUT2D eigenvalue weighted by molar-refractivity contribution is 14.0. The molecule has 0 amide bonds. The van der Waals surface area contributed by atoms with Crippen molar-refractivity contribution in [2.75, 3.05) is 12.4 Å². The van der Waals surface area contributed by atoms with Gasteiger partial charge in [-0.1, -0.05) is 12.1 Å². The number of nitrogens with two attached hydrogens (primary N) is 1. The van der Waals surface area contributed by atoms with E-state index < -0.39 is 0 Å². The molecule has 0 heterocycles. The maximum absolute atomic E-state index is 5.92. The number of rotatable bonds is 6. The summed E-state index contributed by atoms with van der Waals surface area (Å²) < 4.78 is 10.8. The Bertz CT molecular complexity index is 658. The van der Waals surface area contributed by atoms with E-state index in [9.17, 15) is 0 Å². The summed E-state index contributed by atoms with van der Waals surface area (Å²) in [6.45, 7) is 4.48. The number of nitrogens with zero attached hydrogens (tertiary/aromatic N) is 1. The Labute approximate surface area is 160 Å². The lowest BCUT2D eigenvalue weighted by atomic mass is 10.2. The van der Waals surface area contributed by atoms with E-state index in [1.54, 1.807) is 7.11 Å². The summed E-state index contributed by atoms with van der Waals surface area (Å²) in [4.78, 5) is 4.33. The summed E-state index contributed by atoms with van der Waals surface area (Å²) in [6, 6.07) is 15.4. The van der Waals surface area contributed by atoms with Gasteiger partial charge in [-0.05, 0) is 55.8 Å². The van der Waals surface area contributed by atoms with Crippen molar-refractivity contribution in [2.45, 2.75) is 26.5 Å². The van der Waals surface area contributed by atoms with Crippen LogP contribution in [0.25, 0.3) is 0 Å². The molecule has 0 radical (unpaired) electrons. The zero-order chi connectivity index (χ0) is 16.7. The molecule has 2 aromatic rings. The first kappa shape index (κ1) is 20.1. The van der Waals surface area contributed by atoms with Crippen LogP contribution in [0.3, 0.4) is 0 Å². The van der Waals surface area contributed by atoms with Crippen LogP contribution in [0.15, 0.2) is 53.5 Å². The van der Waals surface area contributed by atoms with Crippen molar-refractivity contribution in [3.63, 3.8) is 0 Å². The normalized spacial score (nSPS) is 10.9. The predicted octanol–water partition coefficient (Wildman–Crippen LogP) is 4.03. The van der Waals surface area contributed by atoms with Gasteiger partial charge >= 0.3 is 0 Å². The first-order chi connectivity index (χ1) is 11.1. The standard InChI is InChI=1S/C18H23N3O2.HI/c1-13(2)23-16-9-7-15(8-10-16)21-18(19)20-12-14-5-4-6-17(11-14)22-3;/h4-11,13H,12H2,1-3H3,(H3,19,20,21);1H. The van der Waals surface area contributed by atoms with E-state index in [4.69, 9.17) is 15.2 Å². The molecule has 0 fully saturated rings. The number of methoxy groups -OCH3 is 1. The average molecular weight is 441 g/mol. The highest BCUT2D eigenvalue weighted by atomic mass is 127. The monoisotopic (exact) mass is 441 g/mol. The van der Waals surface area contributed by atoms with Crippen LogP contribution in [0, 0.1) is 0 Å². The molecule has 2 rings (SSSR count). The number of ether oxygens (including phenoxy) is 2. The number of guanidine groups is 1. The van der Waals surface area contributed by atoms with Crippen molar-refractivity contribution >= 4 is 35.6 Å². The molecule has 0 saturated heterocycles. The van der Waals surface area contributed by atoms with Gasteiger partial charge in [0, 0.05) is 5.69 Å². The molecule has 0 bridgehead atoms. The largest absolute Gasteiger partial charge is 0.497 e. The fourth-order valence-electron chi connectivity index (χ4n) is 2.02. The van der Waals surface area contributed by atoms with Crippen molar-refractivity contribution in [1.82, 2.24) is 0 Å². The quantitative estimate of drug-likeness (QED) is 0.404. The van der Waals surface area contributed by atoms with Crippen LogP contribution < -0.4 is 20.5 Å². The lowest BCUT2D eigenvalue weighted by Crippen LogP contribution is -2.22. The fourth-order valence-corrected chi connectivity index (χ4v) is 2.02. The van der Waals surface area contributed by atoms with Crippen LogP contribution in [-0.4, -0.2) is 19.2 Å². The van der Waals surface area contributed by atoms with Crippen molar-refractivity contribution < 1.29 is 9.47 Å². The molecule has 0 aromatic heterocycles. The molecule has 130 valence electrons. The molecule has 0 aliphatic carbocycles. The number of anilines is 1. The third-order valence-corrected chi connectivity index (χ3v) is 3.06. The van der Waals surface area contributed by atoms with Gasteiger partial charge in [0.15, 0.2) is 5.96 Å². The summed E-state index contributed by atoms with van der Waals surface area (Å²) in [6.07, 6.45) is 0.156. The molecule has 0 unspecified atom stereocenters. The van der Waals surface area contributed by atoms with E-state index in [0.29, 0.717) is 12.5 Å². The molecular weight excluding hydrogens is 417 g/mol. The molecule has 6 heteroatoms. The van der Waals surface area contributed by atoms with Gasteiger partial charge in [0.25, 0.3) is 0 Å². The summed E-state index contributed by atoms with van der Waals surface area (Å²) in [5.74, 6) is 2.01. The summed E-state index contributed by atoms with van der Waals surface area (Å²) in [5.41, 5.74) is 7.82. The second-order valence-corrected chi connectivity index (χ2v) is 5.37. The molecular formula is C18H24IN3O2. The van der Waals surface area contributed by atoms with E-state index in [0.717, 1.165) is 22.7 Å². The summed E-state index contributed by atoms with van der Waals surface area (Å²) in [5, 5.41) is 3.06. The lowest BCUT2D eigenvalue weighted by Gasteiger charge is -2.11. The second-order valence-electron chi connectivity index (χ2n) is 5.37. The van der Waals surface area contributed by atoms with Gasteiger partial charge in [-0.2, -0.15) is 0 Å². The third-order valence-electron chi connectivity index (χ3n) is 3.06. The van der Waals surface area contributed by atoms with Crippen molar-refractivity contribution in [1.29, 1.82) is 0 Å². The van der Waals surface area contributed by atoms with Crippen LogP contribution in [0.4, 0.5) is 5.69 Å².